The Kier molecular flexibility index (Phi) is 4.80. The Balaban J connectivity index is 1.83. The maximum atomic E-state index is 13.5. The first-order valence-electron chi connectivity index (χ1n) is 9.95. The zero-order chi connectivity index (χ0) is 19.8. The van der Waals surface area contributed by atoms with Gasteiger partial charge in [-0.3, -0.25) is 9.59 Å². The number of amides is 2. The Morgan fingerprint density at radius 2 is 1.43 bits per heavy atom. The fourth-order valence-corrected chi connectivity index (χ4v) is 4.45. The van der Waals surface area contributed by atoms with Gasteiger partial charge in [0, 0.05) is 13.1 Å². The zero-order valence-electron chi connectivity index (χ0n) is 16.7. The van der Waals surface area contributed by atoms with E-state index in [2.05, 4.69) is 18.7 Å². The maximum Gasteiger partial charge on any atom is 0.282 e. The second-order valence-corrected chi connectivity index (χ2v) is 8.22. The third-order valence-corrected chi connectivity index (χ3v) is 5.60. The smallest absolute Gasteiger partial charge is 0.282 e. The van der Waals surface area contributed by atoms with Gasteiger partial charge in [-0.2, -0.15) is 0 Å². The Hall–Kier alpha value is -2.88. The fourth-order valence-electron chi connectivity index (χ4n) is 4.45. The van der Waals surface area contributed by atoms with Crippen LogP contribution < -0.4 is 4.90 Å². The van der Waals surface area contributed by atoms with Gasteiger partial charge >= 0.3 is 0 Å². The molecule has 2 aromatic carbocycles. The van der Waals surface area contributed by atoms with Crippen LogP contribution in [0.2, 0.25) is 0 Å². The van der Waals surface area contributed by atoms with E-state index in [1.807, 2.05) is 61.5 Å². The lowest BCUT2D eigenvalue weighted by Gasteiger charge is -2.37. The van der Waals surface area contributed by atoms with Gasteiger partial charge < -0.3 is 4.90 Å². The average molecular weight is 374 g/mol. The number of carbonyl (C=O) groups excluding carboxylic acids is 2. The summed E-state index contributed by atoms with van der Waals surface area (Å²) < 4.78 is 0. The van der Waals surface area contributed by atoms with Gasteiger partial charge in [0.2, 0.25) is 0 Å². The van der Waals surface area contributed by atoms with Crippen LogP contribution in [-0.2, 0) is 9.59 Å². The summed E-state index contributed by atoms with van der Waals surface area (Å²) in [4.78, 5) is 30.4. The molecule has 0 aromatic heterocycles. The lowest BCUT2D eigenvalue weighted by molar-refractivity contribution is -0.120. The molecular weight excluding hydrogens is 348 g/mol. The lowest BCUT2D eigenvalue weighted by Crippen LogP contribution is -2.41. The largest absolute Gasteiger partial charge is 0.366 e. The molecule has 0 bridgehead atoms. The van der Waals surface area contributed by atoms with Crippen LogP contribution in [0.1, 0.15) is 31.4 Å². The summed E-state index contributed by atoms with van der Waals surface area (Å²) in [6.45, 7) is 8.05. The molecule has 0 saturated carbocycles. The molecule has 0 aliphatic carbocycles. The van der Waals surface area contributed by atoms with E-state index in [0.717, 1.165) is 30.6 Å². The molecule has 0 radical (unpaired) electrons. The lowest BCUT2D eigenvalue weighted by atomic mass is 9.91. The van der Waals surface area contributed by atoms with Crippen molar-refractivity contribution in [3.05, 3.63) is 71.4 Å². The highest BCUT2D eigenvalue weighted by atomic mass is 16.2. The van der Waals surface area contributed by atoms with Crippen LogP contribution in [0.5, 0.6) is 0 Å². The Morgan fingerprint density at radius 1 is 0.821 bits per heavy atom. The third-order valence-electron chi connectivity index (χ3n) is 5.60. The second-order valence-electron chi connectivity index (χ2n) is 8.22. The number of piperidine rings is 1. The van der Waals surface area contributed by atoms with Crippen molar-refractivity contribution in [2.24, 2.45) is 11.8 Å². The van der Waals surface area contributed by atoms with Crippen molar-refractivity contribution >= 4 is 23.1 Å². The summed E-state index contributed by atoms with van der Waals surface area (Å²) in [5, 5.41) is 0. The topological polar surface area (TPSA) is 40.6 Å². The molecule has 2 aliphatic heterocycles. The monoisotopic (exact) mass is 374 g/mol. The standard InChI is InChI=1S/C24H26N2O2/c1-16-9-11-19(12-10-16)21-22(25-14-17(2)13-18(3)15-25)24(28)26(23(21)27)20-7-5-4-6-8-20/h4-12,17-18H,13-15H2,1-3H3. The predicted molar refractivity (Wildman–Crippen MR) is 112 cm³/mol. The molecule has 4 nitrogen and oxygen atoms in total. The number of aryl methyl sites for hydroxylation is 1. The van der Waals surface area contributed by atoms with Gasteiger partial charge in [0.1, 0.15) is 5.70 Å². The van der Waals surface area contributed by atoms with Gasteiger partial charge in [-0.05, 0) is 42.9 Å². The Morgan fingerprint density at radius 3 is 2.04 bits per heavy atom. The number of hydrogen-bond acceptors (Lipinski definition) is 3. The van der Waals surface area contributed by atoms with Crippen molar-refractivity contribution in [3.63, 3.8) is 0 Å². The van der Waals surface area contributed by atoms with E-state index >= 15 is 0 Å². The van der Waals surface area contributed by atoms with E-state index < -0.39 is 0 Å². The van der Waals surface area contributed by atoms with Crippen LogP contribution >= 0.6 is 0 Å². The SMILES string of the molecule is Cc1ccc(C2=C(N3CC(C)CC(C)C3)C(=O)N(c3ccccc3)C2=O)cc1. The quantitative estimate of drug-likeness (QED) is 0.754. The molecule has 144 valence electrons. The molecule has 0 spiro atoms. The van der Waals surface area contributed by atoms with E-state index in [-0.39, 0.29) is 11.8 Å². The summed E-state index contributed by atoms with van der Waals surface area (Å²) in [5.74, 6) is 0.530. The van der Waals surface area contributed by atoms with Crippen molar-refractivity contribution in [2.75, 3.05) is 18.0 Å². The minimum atomic E-state index is -0.235. The molecule has 2 amide bonds. The summed E-state index contributed by atoms with van der Waals surface area (Å²) in [5.41, 5.74) is 3.63. The number of likely N-dealkylation sites (tertiary alicyclic amines) is 1. The molecule has 28 heavy (non-hydrogen) atoms. The van der Waals surface area contributed by atoms with E-state index in [0.29, 0.717) is 28.8 Å². The summed E-state index contributed by atoms with van der Waals surface area (Å²) in [6, 6.07) is 17.1. The van der Waals surface area contributed by atoms with Gasteiger partial charge in [-0.1, -0.05) is 61.9 Å². The van der Waals surface area contributed by atoms with Crippen molar-refractivity contribution in [3.8, 4) is 0 Å². The number of benzene rings is 2. The Bertz CT molecular complexity index is 921. The van der Waals surface area contributed by atoms with Crippen LogP contribution in [0, 0.1) is 18.8 Å². The molecule has 2 aliphatic rings. The molecule has 4 heteroatoms. The maximum absolute atomic E-state index is 13.5. The number of imide groups is 1. The summed E-state index contributed by atoms with van der Waals surface area (Å²) in [6.07, 6.45) is 1.15. The van der Waals surface area contributed by atoms with Crippen LogP contribution in [0.4, 0.5) is 5.69 Å². The second kappa shape index (κ2) is 7.27. The number of nitrogens with zero attached hydrogens (tertiary/aromatic N) is 2. The molecule has 1 saturated heterocycles. The summed E-state index contributed by atoms with van der Waals surface area (Å²) >= 11 is 0. The Labute approximate surface area is 166 Å². The van der Waals surface area contributed by atoms with Crippen molar-refractivity contribution in [1.29, 1.82) is 0 Å². The number of anilines is 1. The highest BCUT2D eigenvalue weighted by Gasteiger charge is 2.43. The van der Waals surface area contributed by atoms with E-state index in [4.69, 9.17) is 0 Å². The minimum absolute atomic E-state index is 0.215. The van der Waals surface area contributed by atoms with E-state index in [9.17, 15) is 9.59 Å². The zero-order valence-corrected chi connectivity index (χ0v) is 16.7. The highest BCUT2D eigenvalue weighted by Crippen LogP contribution is 2.37. The van der Waals surface area contributed by atoms with Gasteiger partial charge in [-0.25, -0.2) is 4.90 Å². The van der Waals surface area contributed by atoms with Gasteiger partial charge in [0.15, 0.2) is 0 Å². The fraction of sp³-hybridized carbons (Fsp3) is 0.333. The average Bonchev–Trinajstić information content (AvgIpc) is 2.93. The molecule has 2 heterocycles. The van der Waals surface area contributed by atoms with Gasteiger partial charge in [0.05, 0.1) is 11.3 Å². The molecule has 0 N–H and O–H groups in total. The summed E-state index contributed by atoms with van der Waals surface area (Å²) in [7, 11) is 0. The van der Waals surface area contributed by atoms with Crippen LogP contribution in [0.25, 0.3) is 5.57 Å². The number of para-hydroxylation sites is 1. The first kappa shape index (κ1) is 18.5. The van der Waals surface area contributed by atoms with Gasteiger partial charge in [0.25, 0.3) is 11.8 Å². The van der Waals surface area contributed by atoms with Crippen LogP contribution in [0.3, 0.4) is 0 Å². The molecule has 4 rings (SSSR count). The molecule has 2 unspecified atom stereocenters. The molecular formula is C24H26N2O2. The van der Waals surface area contributed by atoms with Crippen LogP contribution in [-0.4, -0.2) is 29.8 Å². The highest BCUT2D eigenvalue weighted by molar-refractivity contribution is 6.45. The molecule has 1 fully saturated rings. The predicted octanol–water partition coefficient (Wildman–Crippen LogP) is 4.26. The first-order chi connectivity index (χ1) is 13.5. The van der Waals surface area contributed by atoms with Crippen LogP contribution in [0.15, 0.2) is 60.3 Å². The molecule has 2 aromatic rings. The van der Waals surface area contributed by atoms with E-state index in [1.165, 1.54) is 4.90 Å². The van der Waals surface area contributed by atoms with Crippen molar-refractivity contribution < 1.29 is 9.59 Å². The number of rotatable bonds is 3. The number of carbonyl (C=O) groups is 2. The third kappa shape index (κ3) is 3.24. The minimum Gasteiger partial charge on any atom is -0.366 e. The molecule has 2 atom stereocenters. The van der Waals surface area contributed by atoms with Crippen molar-refractivity contribution in [2.45, 2.75) is 27.2 Å². The normalized spacial score (nSPS) is 23.0. The van der Waals surface area contributed by atoms with Crippen molar-refractivity contribution in [1.82, 2.24) is 4.90 Å². The van der Waals surface area contributed by atoms with Gasteiger partial charge in [-0.15, -0.1) is 0 Å². The first-order valence-corrected chi connectivity index (χ1v) is 9.95. The number of hydrogen-bond donors (Lipinski definition) is 0. The van der Waals surface area contributed by atoms with E-state index in [1.54, 1.807) is 0 Å².